The van der Waals surface area contributed by atoms with Gasteiger partial charge in [0.1, 0.15) is 0 Å². The predicted molar refractivity (Wildman–Crippen MR) is 48.8 cm³/mol. The molecule has 0 atom stereocenters. The first kappa shape index (κ1) is 9.02. The lowest BCUT2D eigenvalue weighted by Gasteiger charge is -1.87. The van der Waals surface area contributed by atoms with Gasteiger partial charge in [-0.05, 0) is 12.3 Å². The van der Waals surface area contributed by atoms with E-state index in [-0.39, 0.29) is 0 Å². The van der Waals surface area contributed by atoms with Crippen LogP contribution in [0.15, 0.2) is 12.4 Å². The van der Waals surface area contributed by atoms with Crippen molar-refractivity contribution in [1.29, 1.82) is 0 Å². The fraction of sp³-hybridized carbons (Fsp3) is 0.333. The van der Waals surface area contributed by atoms with Crippen molar-refractivity contribution in [3.8, 4) is 11.8 Å². The Labute approximate surface area is 77.0 Å². The van der Waals surface area contributed by atoms with E-state index < -0.39 is 0 Å². The lowest BCUT2D eigenvalue weighted by Crippen LogP contribution is -1.85. The second kappa shape index (κ2) is 4.74. The van der Waals surface area contributed by atoms with Gasteiger partial charge in [0.2, 0.25) is 5.82 Å². The first-order valence-electron chi connectivity index (χ1n) is 3.79. The fourth-order valence-corrected chi connectivity index (χ4v) is 0.741. The van der Waals surface area contributed by atoms with Crippen LogP contribution in [0.4, 0.5) is 0 Å². The molecule has 1 heterocycles. The molecule has 0 saturated heterocycles. The summed E-state index contributed by atoms with van der Waals surface area (Å²) in [4.78, 5) is 7.87. The molecule has 0 fully saturated rings. The smallest absolute Gasteiger partial charge is 0.204 e. The van der Waals surface area contributed by atoms with E-state index in [4.69, 9.17) is 11.6 Å². The van der Waals surface area contributed by atoms with Crippen molar-refractivity contribution in [2.24, 2.45) is 0 Å². The third kappa shape index (κ3) is 2.89. The fourth-order valence-electron chi connectivity index (χ4n) is 0.643. The van der Waals surface area contributed by atoms with Gasteiger partial charge in [-0.25, -0.2) is 9.97 Å². The zero-order valence-corrected chi connectivity index (χ0v) is 7.60. The first-order valence-corrected chi connectivity index (χ1v) is 4.17. The highest BCUT2D eigenvalue weighted by molar-refractivity contribution is 6.30. The third-order valence-corrected chi connectivity index (χ3v) is 1.39. The van der Waals surface area contributed by atoms with Crippen LogP contribution in [0, 0.1) is 11.8 Å². The summed E-state index contributed by atoms with van der Waals surface area (Å²) in [5, 5.41) is 0.538. The quantitative estimate of drug-likeness (QED) is 0.620. The highest BCUT2D eigenvalue weighted by atomic mass is 35.5. The lowest BCUT2D eigenvalue weighted by atomic mass is 10.3. The summed E-state index contributed by atoms with van der Waals surface area (Å²) in [5.74, 6) is 6.33. The van der Waals surface area contributed by atoms with Crippen molar-refractivity contribution < 1.29 is 0 Å². The molecule has 0 aromatic carbocycles. The Balaban J connectivity index is 2.66. The van der Waals surface area contributed by atoms with Crippen LogP contribution in [0.2, 0.25) is 5.02 Å². The van der Waals surface area contributed by atoms with E-state index in [1.54, 1.807) is 12.4 Å². The minimum atomic E-state index is 0.535. The topological polar surface area (TPSA) is 25.8 Å². The third-order valence-electron chi connectivity index (χ3n) is 1.20. The molecule has 1 aromatic rings. The SMILES string of the molecule is CCCC#Cc1ncc(Cl)cn1. The van der Waals surface area contributed by atoms with Crippen molar-refractivity contribution in [1.82, 2.24) is 9.97 Å². The number of unbranched alkanes of at least 4 members (excludes halogenated alkanes) is 1. The number of aromatic nitrogens is 2. The lowest BCUT2D eigenvalue weighted by molar-refractivity contribution is 0.981. The van der Waals surface area contributed by atoms with Gasteiger partial charge in [0.15, 0.2) is 0 Å². The Morgan fingerprint density at radius 2 is 2.08 bits per heavy atom. The Morgan fingerprint density at radius 3 is 2.67 bits per heavy atom. The molecule has 0 saturated carbocycles. The molecule has 0 amide bonds. The van der Waals surface area contributed by atoms with Crippen LogP contribution in [-0.4, -0.2) is 9.97 Å². The van der Waals surface area contributed by atoms with E-state index in [0.29, 0.717) is 10.8 Å². The second-order valence-corrected chi connectivity index (χ2v) is 2.71. The van der Waals surface area contributed by atoms with Crippen LogP contribution >= 0.6 is 11.6 Å². The van der Waals surface area contributed by atoms with Gasteiger partial charge in [-0.2, -0.15) is 0 Å². The summed E-state index contributed by atoms with van der Waals surface area (Å²) in [5.41, 5.74) is 0. The summed E-state index contributed by atoms with van der Waals surface area (Å²) < 4.78 is 0. The summed E-state index contributed by atoms with van der Waals surface area (Å²) >= 11 is 5.60. The number of halogens is 1. The van der Waals surface area contributed by atoms with E-state index in [9.17, 15) is 0 Å². The van der Waals surface area contributed by atoms with Crippen LogP contribution in [0.3, 0.4) is 0 Å². The number of rotatable bonds is 1. The molecule has 1 rings (SSSR count). The molecule has 2 nitrogen and oxygen atoms in total. The van der Waals surface area contributed by atoms with Crippen molar-refractivity contribution in [3.05, 3.63) is 23.2 Å². The van der Waals surface area contributed by atoms with E-state index in [1.165, 1.54) is 0 Å². The standard InChI is InChI=1S/C9H9ClN2/c1-2-3-4-5-9-11-6-8(10)7-12-9/h6-7H,2-3H2,1H3. The molecule has 0 aliphatic rings. The minimum absolute atomic E-state index is 0.535. The molecule has 0 aliphatic heterocycles. The summed E-state index contributed by atoms with van der Waals surface area (Å²) in [6.07, 6.45) is 5.03. The molecule has 0 bridgehead atoms. The maximum absolute atomic E-state index is 5.60. The molecule has 0 N–H and O–H groups in total. The Morgan fingerprint density at radius 1 is 1.42 bits per heavy atom. The first-order chi connectivity index (χ1) is 5.83. The number of hydrogen-bond acceptors (Lipinski definition) is 2. The highest BCUT2D eigenvalue weighted by Gasteiger charge is 1.89. The van der Waals surface area contributed by atoms with Crippen molar-refractivity contribution >= 4 is 11.6 Å². The van der Waals surface area contributed by atoms with E-state index >= 15 is 0 Å². The van der Waals surface area contributed by atoms with Gasteiger partial charge in [-0.3, -0.25) is 0 Å². The molecule has 62 valence electrons. The Kier molecular flexibility index (Phi) is 3.56. The number of nitrogens with zero attached hydrogens (tertiary/aromatic N) is 2. The van der Waals surface area contributed by atoms with Gasteiger partial charge in [0, 0.05) is 6.42 Å². The summed E-state index contributed by atoms with van der Waals surface area (Å²) in [6.45, 7) is 2.08. The normalized spacial score (nSPS) is 8.83. The summed E-state index contributed by atoms with van der Waals surface area (Å²) in [7, 11) is 0. The maximum Gasteiger partial charge on any atom is 0.204 e. The van der Waals surface area contributed by atoms with Gasteiger partial charge in [-0.1, -0.05) is 24.4 Å². The van der Waals surface area contributed by atoms with E-state index in [2.05, 4.69) is 28.7 Å². The average Bonchev–Trinajstić information content (AvgIpc) is 2.09. The van der Waals surface area contributed by atoms with Crippen molar-refractivity contribution in [3.63, 3.8) is 0 Å². The van der Waals surface area contributed by atoms with Crippen LogP contribution in [0.1, 0.15) is 25.6 Å². The second-order valence-electron chi connectivity index (χ2n) is 2.28. The molecule has 0 aliphatic carbocycles. The monoisotopic (exact) mass is 180 g/mol. The number of hydrogen-bond donors (Lipinski definition) is 0. The minimum Gasteiger partial charge on any atom is -0.228 e. The highest BCUT2D eigenvalue weighted by Crippen LogP contribution is 2.01. The van der Waals surface area contributed by atoms with Gasteiger partial charge in [-0.15, -0.1) is 0 Å². The van der Waals surface area contributed by atoms with Gasteiger partial charge >= 0.3 is 0 Å². The molecule has 3 heteroatoms. The molecular weight excluding hydrogens is 172 g/mol. The molecule has 12 heavy (non-hydrogen) atoms. The largest absolute Gasteiger partial charge is 0.228 e. The Bertz CT molecular complexity index is 295. The average molecular weight is 181 g/mol. The molecule has 0 radical (unpaired) electrons. The maximum atomic E-state index is 5.60. The molecule has 0 unspecified atom stereocenters. The van der Waals surface area contributed by atoms with Crippen LogP contribution < -0.4 is 0 Å². The zero-order chi connectivity index (χ0) is 8.81. The van der Waals surface area contributed by atoms with Gasteiger partial charge in [0.05, 0.1) is 17.4 Å². The Hall–Kier alpha value is -1.07. The summed E-state index contributed by atoms with van der Waals surface area (Å²) in [6, 6.07) is 0. The van der Waals surface area contributed by atoms with Crippen molar-refractivity contribution in [2.45, 2.75) is 19.8 Å². The van der Waals surface area contributed by atoms with E-state index in [1.807, 2.05) is 0 Å². The van der Waals surface area contributed by atoms with Crippen LogP contribution in [-0.2, 0) is 0 Å². The van der Waals surface area contributed by atoms with Crippen LogP contribution in [0.5, 0.6) is 0 Å². The van der Waals surface area contributed by atoms with Crippen molar-refractivity contribution in [2.75, 3.05) is 0 Å². The van der Waals surface area contributed by atoms with E-state index in [0.717, 1.165) is 12.8 Å². The predicted octanol–water partition coefficient (Wildman–Crippen LogP) is 2.28. The van der Waals surface area contributed by atoms with Crippen LogP contribution in [0.25, 0.3) is 0 Å². The van der Waals surface area contributed by atoms with Gasteiger partial charge in [0.25, 0.3) is 0 Å². The molecular formula is C9H9ClN2. The van der Waals surface area contributed by atoms with Gasteiger partial charge < -0.3 is 0 Å². The molecule has 0 spiro atoms. The molecule has 1 aromatic heterocycles. The zero-order valence-electron chi connectivity index (χ0n) is 6.84.